The summed E-state index contributed by atoms with van der Waals surface area (Å²) in [6.07, 6.45) is 21.1. The number of carboxylic acids is 1. The zero-order valence-electron chi connectivity index (χ0n) is 18.2. The second kappa shape index (κ2) is 15.7. The van der Waals surface area contributed by atoms with Crippen LogP contribution >= 0.6 is 0 Å². The molecule has 0 saturated heterocycles. The minimum atomic E-state index is -0.953. The van der Waals surface area contributed by atoms with Crippen LogP contribution in [0.2, 0.25) is 0 Å². The smallest absolute Gasteiger partial charge is 0.305 e. The highest BCUT2D eigenvalue weighted by Crippen LogP contribution is 2.29. The summed E-state index contributed by atoms with van der Waals surface area (Å²) in [4.78, 5) is 33.1. The zero-order chi connectivity index (χ0) is 23.6. The molecule has 0 spiro atoms. The molecule has 0 bridgehead atoms. The van der Waals surface area contributed by atoms with Crippen molar-refractivity contribution in [3.8, 4) is 5.75 Å². The molecule has 168 valence electrons. The Morgan fingerprint density at radius 3 is 2.09 bits per heavy atom. The van der Waals surface area contributed by atoms with Gasteiger partial charge < -0.3 is 20.5 Å². The molecule has 0 aromatic heterocycles. The fourth-order valence-electron chi connectivity index (χ4n) is 2.33. The SMILES string of the molecule is COc1cccc(C=CC=CC=CC=CC=CC=CC(=O)NCCC(=O)O)c1NC(C)=O. The molecule has 1 aromatic carbocycles. The molecule has 0 unspecified atom stereocenters. The number of carbonyl (C=O) groups is 3. The molecule has 1 rings (SSSR count). The van der Waals surface area contributed by atoms with Crippen molar-refractivity contribution in [2.24, 2.45) is 0 Å². The van der Waals surface area contributed by atoms with Crippen molar-refractivity contribution in [2.45, 2.75) is 13.3 Å². The van der Waals surface area contributed by atoms with Gasteiger partial charge in [0.25, 0.3) is 0 Å². The van der Waals surface area contributed by atoms with Gasteiger partial charge in [-0.05, 0) is 6.07 Å². The Kier molecular flexibility index (Phi) is 12.7. The van der Waals surface area contributed by atoms with Crippen molar-refractivity contribution in [2.75, 3.05) is 19.0 Å². The fourth-order valence-corrected chi connectivity index (χ4v) is 2.33. The van der Waals surface area contributed by atoms with Crippen molar-refractivity contribution in [3.05, 3.63) is 90.6 Å². The Bertz CT molecular complexity index is 953. The van der Waals surface area contributed by atoms with E-state index in [1.54, 1.807) is 31.4 Å². The van der Waals surface area contributed by atoms with Crippen LogP contribution in [-0.4, -0.2) is 36.5 Å². The highest BCUT2D eigenvalue weighted by molar-refractivity contribution is 5.93. The van der Waals surface area contributed by atoms with Crippen molar-refractivity contribution < 1.29 is 24.2 Å². The first-order chi connectivity index (χ1) is 15.4. The zero-order valence-corrected chi connectivity index (χ0v) is 18.2. The first-order valence-corrected chi connectivity index (χ1v) is 9.89. The van der Waals surface area contributed by atoms with Gasteiger partial charge in [-0.25, -0.2) is 0 Å². The molecule has 0 aliphatic rings. The number of hydrogen-bond acceptors (Lipinski definition) is 4. The number of rotatable bonds is 12. The number of carbonyl (C=O) groups excluding carboxylic acids is 2. The third-order valence-electron chi connectivity index (χ3n) is 3.74. The number of benzene rings is 1. The van der Waals surface area contributed by atoms with E-state index < -0.39 is 5.97 Å². The molecular weight excluding hydrogens is 408 g/mol. The van der Waals surface area contributed by atoms with E-state index in [2.05, 4.69) is 10.6 Å². The second-order valence-electron chi connectivity index (χ2n) is 6.30. The average Bonchev–Trinajstić information content (AvgIpc) is 2.74. The number of ether oxygens (including phenoxy) is 1. The third-order valence-corrected chi connectivity index (χ3v) is 3.74. The van der Waals surface area contributed by atoms with Crippen LogP contribution in [0.3, 0.4) is 0 Å². The molecule has 3 N–H and O–H groups in total. The van der Waals surface area contributed by atoms with Gasteiger partial charge in [0.1, 0.15) is 5.75 Å². The lowest BCUT2D eigenvalue weighted by Crippen LogP contribution is -2.23. The molecule has 0 heterocycles. The van der Waals surface area contributed by atoms with Gasteiger partial charge in [0.15, 0.2) is 0 Å². The van der Waals surface area contributed by atoms with Crippen molar-refractivity contribution in [1.82, 2.24) is 5.32 Å². The van der Waals surface area contributed by atoms with E-state index in [0.29, 0.717) is 11.4 Å². The Hall–Kier alpha value is -4.13. The summed E-state index contributed by atoms with van der Waals surface area (Å²) >= 11 is 0. The standard InChI is InChI=1S/C25H28N2O5/c1-20(28)27-25-21(15-13-16-22(25)32-2)14-11-9-7-5-3-4-6-8-10-12-17-23(29)26-19-18-24(30)31/h3-17H,18-19H2,1-2H3,(H,26,29)(H,27,28)(H,30,31). The topological polar surface area (TPSA) is 105 Å². The molecule has 0 radical (unpaired) electrons. The normalized spacial score (nSPS) is 12.1. The van der Waals surface area contributed by atoms with Crippen LogP contribution in [0.25, 0.3) is 6.08 Å². The third kappa shape index (κ3) is 11.8. The molecule has 0 aliphatic heterocycles. The summed E-state index contributed by atoms with van der Waals surface area (Å²) in [5, 5.41) is 13.7. The summed E-state index contributed by atoms with van der Waals surface area (Å²) in [5.41, 5.74) is 1.46. The van der Waals surface area contributed by atoms with E-state index >= 15 is 0 Å². The Morgan fingerprint density at radius 1 is 0.938 bits per heavy atom. The molecule has 0 saturated carbocycles. The molecule has 32 heavy (non-hydrogen) atoms. The lowest BCUT2D eigenvalue weighted by molar-refractivity contribution is -0.136. The monoisotopic (exact) mass is 436 g/mol. The molecule has 7 nitrogen and oxygen atoms in total. The van der Waals surface area contributed by atoms with Gasteiger partial charge in [-0.3, -0.25) is 14.4 Å². The number of carboxylic acid groups (broad SMARTS) is 1. The summed E-state index contributed by atoms with van der Waals surface area (Å²) in [7, 11) is 1.56. The molecule has 1 aromatic rings. The van der Waals surface area contributed by atoms with E-state index in [1.807, 2.05) is 60.7 Å². The maximum atomic E-state index is 11.4. The predicted molar refractivity (Wildman–Crippen MR) is 127 cm³/mol. The lowest BCUT2D eigenvalue weighted by atomic mass is 10.1. The van der Waals surface area contributed by atoms with Gasteiger partial charge in [-0.1, -0.05) is 79.0 Å². The number of amides is 2. The number of allylic oxidation sites excluding steroid dienone is 10. The van der Waals surface area contributed by atoms with Crippen molar-refractivity contribution in [1.29, 1.82) is 0 Å². The molecule has 2 amide bonds. The van der Waals surface area contributed by atoms with Gasteiger partial charge in [0, 0.05) is 25.1 Å². The Labute approximate surface area is 188 Å². The van der Waals surface area contributed by atoms with Crippen LogP contribution in [0.5, 0.6) is 5.75 Å². The Morgan fingerprint density at radius 2 is 1.53 bits per heavy atom. The molecular formula is C25H28N2O5. The number of nitrogens with one attached hydrogen (secondary N) is 2. The Balaban J connectivity index is 2.46. The van der Waals surface area contributed by atoms with Crippen molar-refractivity contribution in [3.63, 3.8) is 0 Å². The predicted octanol–water partition coefficient (Wildman–Crippen LogP) is 4.04. The molecule has 0 fully saturated rings. The van der Waals surface area contributed by atoms with Crippen LogP contribution in [0.4, 0.5) is 5.69 Å². The number of methoxy groups -OCH3 is 1. The highest BCUT2D eigenvalue weighted by Gasteiger charge is 2.07. The number of anilines is 1. The average molecular weight is 437 g/mol. The summed E-state index contributed by atoms with van der Waals surface area (Å²) < 4.78 is 5.29. The van der Waals surface area contributed by atoms with Crippen LogP contribution < -0.4 is 15.4 Å². The highest BCUT2D eigenvalue weighted by atomic mass is 16.5. The maximum Gasteiger partial charge on any atom is 0.305 e. The first-order valence-electron chi connectivity index (χ1n) is 9.89. The van der Waals surface area contributed by atoms with E-state index in [1.165, 1.54) is 13.0 Å². The van der Waals surface area contributed by atoms with Crippen LogP contribution in [0.1, 0.15) is 18.9 Å². The summed E-state index contributed by atoms with van der Waals surface area (Å²) in [6.45, 7) is 1.55. The van der Waals surface area contributed by atoms with Crippen molar-refractivity contribution >= 4 is 29.5 Å². The van der Waals surface area contributed by atoms with Crippen LogP contribution in [0.15, 0.2) is 85.0 Å². The van der Waals surface area contributed by atoms with Gasteiger partial charge in [0.05, 0.1) is 19.2 Å². The maximum absolute atomic E-state index is 11.4. The van der Waals surface area contributed by atoms with Gasteiger partial charge in [0.2, 0.25) is 11.8 Å². The fraction of sp³-hybridized carbons (Fsp3) is 0.160. The van der Waals surface area contributed by atoms with E-state index in [4.69, 9.17) is 9.84 Å². The van der Waals surface area contributed by atoms with E-state index in [-0.39, 0.29) is 24.8 Å². The number of hydrogen-bond donors (Lipinski definition) is 3. The quantitative estimate of drug-likeness (QED) is 0.339. The summed E-state index contributed by atoms with van der Waals surface area (Å²) in [6, 6.07) is 5.53. The minimum absolute atomic E-state index is 0.103. The van der Waals surface area contributed by atoms with Gasteiger partial charge >= 0.3 is 5.97 Å². The largest absolute Gasteiger partial charge is 0.495 e. The number of aliphatic carboxylic acids is 1. The van der Waals surface area contributed by atoms with Gasteiger partial charge in [-0.2, -0.15) is 0 Å². The van der Waals surface area contributed by atoms with Crippen LogP contribution in [-0.2, 0) is 14.4 Å². The van der Waals surface area contributed by atoms with Gasteiger partial charge in [-0.15, -0.1) is 0 Å². The van der Waals surface area contributed by atoms with E-state index in [9.17, 15) is 14.4 Å². The van der Waals surface area contributed by atoms with E-state index in [0.717, 1.165) is 5.56 Å². The van der Waals surface area contributed by atoms with Crippen LogP contribution in [0, 0.1) is 0 Å². The molecule has 0 atom stereocenters. The molecule has 0 aliphatic carbocycles. The first kappa shape index (κ1) is 25.9. The lowest BCUT2D eigenvalue weighted by Gasteiger charge is -2.11. The number of para-hydroxylation sites is 1. The minimum Gasteiger partial charge on any atom is -0.495 e. The summed E-state index contributed by atoms with van der Waals surface area (Å²) in [5.74, 6) is -0.863. The molecule has 7 heteroatoms. The second-order valence-corrected chi connectivity index (χ2v) is 6.30.